The number of benzene rings is 2. The standard InChI is InChI=1S/C21H21FN4O2/c1-26-13-17(23-20(27)15-7-9-16(22)10-8-15)12-18(26)21-24-19(25-28-21)11-14-5-3-2-4-6-14/h2-10,17-18H,11-13H2,1H3,(H,23,27). The molecule has 0 aliphatic carbocycles. The van der Waals surface area contributed by atoms with Crippen LogP contribution in [0.2, 0.25) is 0 Å². The van der Waals surface area contributed by atoms with E-state index in [9.17, 15) is 9.18 Å². The molecule has 1 N–H and O–H groups in total. The number of hydrogen-bond acceptors (Lipinski definition) is 5. The number of halogens is 1. The Labute approximate surface area is 162 Å². The van der Waals surface area contributed by atoms with Gasteiger partial charge in [-0.05, 0) is 43.3 Å². The van der Waals surface area contributed by atoms with Gasteiger partial charge in [-0.1, -0.05) is 35.5 Å². The normalized spacial score (nSPS) is 19.6. The number of carbonyl (C=O) groups is 1. The average Bonchev–Trinajstić information content (AvgIpc) is 3.29. The number of aromatic nitrogens is 2. The van der Waals surface area contributed by atoms with Gasteiger partial charge in [0.1, 0.15) is 5.82 Å². The molecule has 0 bridgehead atoms. The number of nitrogens with one attached hydrogen (secondary N) is 1. The van der Waals surface area contributed by atoms with Crippen molar-refractivity contribution in [3.05, 3.63) is 83.3 Å². The first kappa shape index (κ1) is 18.3. The fourth-order valence-electron chi connectivity index (χ4n) is 3.52. The molecule has 6 nitrogen and oxygen atoms in total. The van der Waals surface area contributed by atoms with Crippen LogP contribution in [0.15, 0.2) is 59.1 Å². The molecule has 144 valence electrons. The summed E-state index contributed by atoms with van der Waals surface area (Å²) in [5, 5.41) is 7.10. The van der Waals surface area contributed by atoms with E-state index in [4.69, 9.17) is 4.52 Å². The lowest BCUT2D eigenvalue weighted by molar-refractivity contribution is 0.0938. The van der Waals surface area contributed by atoms with Crippen molar-refractivity contribution in [3.8, 4) is 0 Å². The molecule has 0 saturated carbocycles. The maximum absolute atomic E-state index is 13.0. The van der Waals surface area contributed by atoms with Crippen LogP contribution in [0.25, 0.3) is 0 Å². The summed E-state index contributed by atoms with van der Waals surface area (Å²) < 4.78 is 18.5. The number of amides is 1. The number of likely N-dealkylation sites (tertiary alicyclic amines) is 1. The molecule has 1 saturated heterocycles. The minimum atomic E-state index is -0.361. The first-order valence-electron chi connectivity index (χ1n) is 9.21. The van der Waals surface area contributed by atoms with Gasteiger partial charge >= 0.3 is 0 Å². The van der Waals surface area contributed by atoms with Gasteiger partial charge in [-0.25, -0.2) is 4.39 Å². The zero-order valence-electron chi connectivity index (χ0n) is 15.5. The molecule has 2 atom stereocenters. The SMILES string of the molecule is CN1CC(NC(=O)c2ccc(F)cc2)CC1c1nc(Cc2ccccc2)no1. The predicted octanol–water partition coefficient (Wildman–Crippen LogP) is 2.97. The van der Waals surface area contributed by atoms with Gasteiger partial charge in [0.15, 0.2) is 5.82 Å². The number of rotatable bonds is 5. The lowest BCUT2D eigenvalue weighted by Gasteiger charge is -2.14. The van der Waals surface area contributed by atoms with Crippen molar-refractivity contribution < 1.29 is 13.7 Å². The van der Waals surface area contributed by atoms with Crippen molar-refractivity contribution >= 4 is 5.91 Å². The van der Waals surface area contributed by atoms with Gasteiger partial charge in [-0.2, -0.15) is 4.98 Å². The summed E-state index contributed by atoms with van der Waals surface area (Å²) in [7, 11) is 1.97. The van der Waals surface area contributed by atoms with E-state index in [1.165, 1.54) is 24.3 Å². The second-order valence-corrected chi connectivity index (χ2v) is 7.08. The van der Waals surface area contributed by atoms with Gasteiger partial charge < -0.3 is 9.84 Å². The molecular formula is C21H21FN4O2. The van der Waals surface area contributed by atoms with Crippen LogP contribution in [0, 0.1) is 5.82 Å². The van der Waals surface area contributed by atoms with Gasteiger partial charge in [0.2, 0.25) is 5.89 Å². The zero-order valence-corrected chi connectivity index (χ0v) is 15.5. The van der Waals surface area contributed by atoms with Crippen molar-refractivity contribution in [2.75, 3.05) is 13.6 Å². The monoisotopic (exact) mass is 380 g/mol. The van der Waals surface area contributed by atoms with Gasteiger partial charge in [0.25, 0.3) is 5.91 Å². The highest BCUT2D eigenvalue weighted by Gasteiger charge is 2.35. The molecule has 1 aliphatic heterocycles. The van der Waals surface area contributed by atoms with E-state index >= 15 is 0 Å². The fraction of sp³-hybridized carbons (Fsp3) is 0.286. The molecule has 0 radical (unpaired) electrons. The molecule has 1 amide bonds. The van der Waals surface area contributed by atoms with E-state index in [1.807, 2.05) is 37.4 Å². The van der Waals surface area contributed by atoms with Crippen molar-refractivity contribution in [1.29, 1.82) is 0 Å². The maximum Gasteiger partial charge on any atom is 0.251 e. The van der Waals surface area contributed by atoms with Crippen molar-refractivity contribution in [3.63, 3.8) is 0 Å². The number of nitrogens with zero attached hydrogens (tertiary/aromatic N) is 3. The highest BCUT2D eigenvalue weighted by atomic mass is 19.1. The van der Waals surface area contributed by atoms with E-state index in [-0.39, 0.29) is 23.8 Å². The molecule has 28 heavy (non-hydrogen) atoms. The number of likely N-dealkylation sites (N-methyl/N-ethyl adjacent to an activating group) is 1. The van der Waals surface area contributed by atoms with E-state index in [1.54, 1.807) is 0 Å². The van der Waals surface area contributed by atoms with E-state index in [0.29, 0.717) is 36.7 Å². The summed E-state index contributed by atoms with van der Waals surface area (Å²) in [6.45, 7) is 0.675. The topological polar surface area (TPSA) is 71.3 Å². The molecule has 2 unspecified atom stereocenters. The summed E-state index contributed by atoms with van der Waals surface area (Å²) >= 11 is 0. The van der Waals surface area contributed by atoms with Crippen LogP contribution < -0.4 is 5.32 Å². The summed E-state index contributed by atoms with van der Waals surface area (Å²) in [5.41, 5.74) is 1.56. The summed E-state index contributed by atoms with van der Waals surface area (Å²) in [5.74, 6) is 0.634. The van der Waals surface area contributed by atoms with Crippen molar-refractivity contribution in [2.45, 2.75) is 24.9 Å². The highest BCUT2D eigenvalue weighted by Crippen LogP contribution is 2.30. The zero-order chi connectivity index (χ0) is 19.5. The molecule has 3 aromatic rings. The number of hydrogen-bond donors (Lipinski definition) is 1. The van der Waals surface area contributed by atoms with Crippen LogP contribution in [0.5, 0.6) is 0 Å². The second-order valence-electron chi connectivity index (χ2n) is 7.08. The van der Waals surface area contributed by atoms with E-state index < -0.39 is 0 Å². The fourth-order valence-corrected chi connectivity index (χ4v) is 3.52. The molecule has 1 fully saturated rings. The first-order valence-corrected chi connectivity index (χ1v) is 9.21. The van der Waals surface area contributed by atoms with Crippen LogP contribution >= 0.6 is 0 Å². The quantitative estimate of drug-likeness (QED) is 0.737. The van der Waals surface area contributed by atoms with Gasteiger partial charge in [0, 0.05) is 24.6 Å². The highest BCUT2D eigenvalue weighted by molar-refractivity contribution is 5.94. The molecule has 7 heteroatoms. The third-order valence-electron chi connectivity index (χ3n) is 4.96. The van der Waals surface area contributed by atoms with E-state index in [0.717, 1.165) is 5.56 Å². The molecule has 1 aromatic heterocycles. The Balaban J connectivity index is 1.39. The van der Waals surface area contributed by atoms with Crippen LogP contribution in [0.3, 0.4) is 0 Å². The lowest BCUT2D eigenvalue weighted by Crippen LogP contribution is -2.36. The molecule has 2 aromatic carbocycles. The summed E-state index contributed by atoms with van der Waals surface area (Å²) in [6.07, 6.45) is 1.29. The first-order chi connectivity index (χ1) is 13.6. The Bertz CT molecular complexity index is 943. The third kappa shape index (κ3) is 4.09. The Morgan fingerprint density at radius 3 is 2.71 bits per heavy atom. The van der Waals surface area contributed by atoms with Crippen molar-refractivity contribution in [1.82, 2.24) is 20.4 Å². The Hall–Kier alpha value is -3.06. The maximum atomic E-state index is 13.0. The van der Waals surface area contributed by atoms with Gasteiger partial charge in [0.05, 0.1) is 6.04 Å². The Kier molecular flexibility index (Phi) is 5.16. The average molecular weight is 380 g/mol. The van der Waals surface area contributed by atoms with Gasteiger partial charge in [-0.3, -0.25) is 9.69 Å². The van der Waals surface area contributed by atoms with Crippen LogP contribution in [0.4, 0.5) is 4.39 Å². The summed E-state index contributed by atoms with van der Waals surface area (Å²) in [6, 6.07) is 15.4. The second kappa shape index (κ2) is 7.90. The van der Waals surface area contributed by atoms with Gasteiger partial charge in [-0.15, -0.1) is 0 Å². The Morgan fingerprint density at radius 1 is 1.21 bits per heavy atom. The molecule has 4 rings (SSSR count). The molecule has 2 heterocycles. The van der Waals surface area contributed by atoms with Crippen LogP contribution in [-0.2, 0) is 6.42 Å². The Morgan fingerprint density at radius 2 is 1.96 bits per heavy atom. The van der Waals surface area contributed by atoms with Crippen LogP contribution in [0.1, 0.15) is 40.1 Å². The molecule has 0 spiro atoms. The summed E-state index contributed by atoms with van der Waals surface area (Å²) in [4.78, 5) is 19.0. The number of carbonyl (C=O) groups excluding carboxylic acids is 1. The van der Waals surface area contributed by atoms with E-state index in [2.05, 4.69) is 20.4 Å². The van der Waals surface area contributed by atoms with Crippen molar-refractivity contribution in [2.24, 2.45) is 0 Å². The van der Waals surface area contributed by atoms with Crippen LogP contribution in [-0.4, -0.2) is 40.6 Å². The smallest absolute Gasteiger partial charge is 0.251 e. The largest absolute Gasteiger partial charge is 0.348 e. The minimum absolute atomic E-state index is 0.0444. The third-order valence-corrected chi connectivity index (χ3v) is 4.96. The minimum Gasteiger partial charge on any atom is -0.348 e. The lowest BCUT2D eigenvalue weighted by atomic mass is 10.1. The predicted molar refractivity (Wildman–Crippen MR) is 101 cm³/mol. The molecular weight excluding hydrogens is 359 g/mol. The molecule has 1 aliphatic rings.